The first-order chi connectivity index (χ1) is 13.4. The molecule has 29 heavy (non-hydrogen) atoms. The van der Waals surface area contributed by atoms with Crippen LogP contribution in [0, 0.1) is 6.92 Å². The van der Waals surface area contributed by atoms with Crippen molar-refractivity contribution < 1.29 is 23.5 Å². The lowest BCUT2D eigenvalue weighted by Crippen LogP contribution is -2.41. The number of fused-ring (bicyclic) bond motifs is 1. The van der Waals surface area contributed by atoms with E-state index in [1.807, 2.05) is 13.8 Å². The highest BCUT2D eigenvalue weighted by Crippen LogP contribution is 2.41. The van der Waals surface area contributed by atoms with Gasteiger partial charge in [0.15, 0.2) is 0 Å². The summed E-state index contributed by atoms with van der Waals surface area (Å²) in [5, 5.41) is 5.79. The summed E-state index contributed by atoms with van der Waals surface area (Å²) < 4.78 is 16.6. The highest BCUT2D eigenvalue weighted by molar-refractivity contribution is 5.94. The molecule has 0 radical (unpaired) electrons. The molecular formula is C22H28N2O5. The van der Waals surface area contributed by atoms with Crippen LogP contribution in [-0.2, 0) is 4.74 Å². The van der Waals surface area contributed by atoms with E-state index in [2.05, 4.69) is 10.6 Å². The van der Waals surface area contributed by atoms with Crippen molar-refractivity contribution in [3.05, 3.63) is 47.4 Å². The number of rotatable bonds is 3. The number of anilines is 1. The highest BCUT2D eigenvalue weighted by atomic mass is 16.6. The molecule has 1 aromatic carbocycles. The van der Waals surface area contributed by atoms with E-state index in [4.69, 9.17) is 13.9 Å². The van der Waals surface area contributed by atoms with Crippen molar-refractivity contribution in [2.24, 2.45) is 0 Å². The minimum Gasteiger partial charge on any atom is -0.487 e. The van der Waals surface area contributed by atoms with Crippen molar-refractivity contribution >= 4 is 17.7 Å². The normalized spacial score (nSPS) is 17.7. The van der Waals surface area contributed by atoms with Gasteiger partial charge in [0.25, 0.3) is 5.91 Å². The van der Waals surface area contributed by atoms with Crippen LogP contribution < -0.4 is 15.4 Å². The molecule has 0 spiro atoms. The Bertz CT molecular complexity index is 924. The summed E-state index contributed by atoms with van der Waals surface area (Å²) >= 11 is 0. The number of aryl methyl sites for hydroxylation is 1. The molecule has 7 nitrogen and oxygen atoms in total. The van der Waals surface area contributed by atoms with E-state index in [0.717, 1.165) is 5.56 Å². The minimum atomic E-state index is -0.593. The molecule has 1 atom stereocenters. The van der Waals surface area contributed by atoms with Crippen LogP contribution in [0.15, 0.2) is 34.9 Å². The predicted octanol–water partition coefficient (Wildman–Crippen LogP) is 4.97. The number of benzene rings is 1. The van der Waals surface area contributed by atoms with Gasteiger partial charge < -0.3 is 19.2 Å². The molecule has 1 unspecified atom stereocenters. The third kappa shape index (κ3) is 5.31. The quantitative estimate of drug-likeness (QED) is 0.759. The van der Waals surface area contributed by atoms with Crippen LogP contribution in [0.5, 0.6) is 5.75 Å². The summed E-state index contributed by atoms with van der Waals surface area (Å²) in [5.41, 5.74) is 0.796. The van der Waals surface area contributed by atoms with Gasteiger partial charge in [0, 0.05) is 17.7 Å². The monoisotopic (exact) mass is 400 g/mol. The Morgan fingerprint density at radius 3 is 2.55 bits per heavy atom. The average Bonchev–Trinajstić information content (AvgIpc) is 2.99. The molecule has 7 heteroatoms. The van der Waals surface area contributed by atoms with Crippen LogP contribution in [-0.4, -0.2) is 23.2 Å². The van der Waals surface area contributed by atoms with E-state index in [-0.39, 0.29) is 11.9 Å². The van der Waals surface area contributed by atoms with Gasteiger partial charge in [-0.25, -0.2) is 4.79 Å². The van der Waals surface area contributed by atoms with Gasteiger partial charge in [-0.15, -0.1) is 0 Å². The molecule has 3 rings (SSSR count). The second-order valence-electron chi connectivity index (χ2n) is 8.92. The summed E-state index contributed by atoms with van der Waals surface area (Å²) in [7, 11) is 0. The van der Waals surface area contributed by atoms with Crippen LogP contribution in [0.3, 0.4) is 0 Å². The topological polar surface area (TPSA) is 89.8 Å². The summed E-state index contributed by atoms with van der Waals surface area (Å²) in [4.78, 5) is 24.8. The van der Waals surface area contributed by atoms with E-state index in [1.165, 1.54) is 6.26 Å². The Hall–Kier alpha value is -2.96. The molecule has 0 aliphatic carbocycles. The maximum absolute atomic E-state index is 12.7. The number of carbonyl (C=O) groups excluding carboxylic acids is 2. The van der Waals surface area contributed by atoms with Gasteiger partial charge in [0.05, 0.1) is 11.6 Å². The van der Waals surface area contributed by atoms with Gasteiger partial charge in [-0.1, -0.05) is 0 Å². The van der Waals surface area contributed by atoms with Crippen LogP contribution in [0.4, 0.5) is 10.5 Å². The SMILES string of the molecule is Cc1cc(C(=O)NC2CC(C)(C)Oc3ccc(NC(=O)OC(C)(C)C)cc32)co1. The fourth-order valence-electron chi connectivity index (χ4n) is 3.29. The molecule has 2 amide bonds. The Morgan fingerprint density at radius 1 is 1.21 bits per heavy atom. The molecule has 156 valence electrons. The molecule has 0 fully saturated rings. The zero-order valence-corrected chi connectivity index (χ0v) is 17.7. The second-order valence-corrected chi connectivity index (χ2v) is 8.92. The number of hydrogen-bond donors (Lipinski definition) is 2. The van der Waals surface area contributed by atoms with E-state index in [1.54, 1.807) is 52.0 Å². The van der Waals surface area contributed by atoms with Crippen molar-refractivity contribution in [3.8, 4) is 5.75 Å². The minimum absolute atomic E-state index is 0.221. The fraction of sp³-hybridized carbons (Fsp3) is 0.455. The Morgan fingerprint density at radius 2 is 1.93 bits per heavy atom. The number of amides is 2. The van der Waals surface area contributed by atoms with Crippen LogP contribution in [0.2, 0.25) is 0 Å². The van der Waals surface area contributed by atoms with Gasteiger partial charge in [0.2, 0.25) is 0 Å². The number of carbonyl (C=O) groups is 2. The van der Waals surface area contributed by atoms with E-state index in [0.29, 0.717) is 29.2 Å². The van der Waals surface area contributed by atoms with E-state index >= 15 is 0 Å². The van der Waals surface area contributed by atoms with Crippen LogP contribution in [0.1, 0.15) is 68.8 Å². The molecule has 2 N–H and O–H groups in total. The fourth-order valence-corrected chi connectivity index (χ4v) is 3.29. The summed E-state index contributed by atoms with van der Waals surface area (Å²) in [6.45, 7) is 11.2. The molecule has 1 aliphatic rings. The summed E-state index contributed by atoms with van der Waals surface area (Å²) in [6.07, 6.45) is 1.48. The predicted molar refractivity (Wildman–Crippen MR) is 109 cm³/mol. The molecule has 0 saturated heterocycles. The average molecular weight is 400 g/mol. The number of nitrogens with one attached hydrogen (secondary N) is 2. The first kappa shape index (κ1) is 20.8. The van der Waals surface area contributed by atoms with Gasteiger partial charge in [-0.3, -0.25) is 10.1 Å². The van der Waals surface area contributed by atoms with E-state index in [9.17, 15) is 9.59 Å². The number of furan rings is 1. The lowest BCUT2D eigenvalue weighted by molar-refractivity contribution is 0.0608. The lowest BCUT2D eigenvalue weighted by Gasteiger charge is -2.38. The molecular weight excluding hydrogens is 372 g/mol. The molecule has 2 heterocycles. The van der Waals surface area contributed by atoms with Gasteiger partial charge in [-0.2, -0.15) is 0 Å². The molecule has 1 aliphatic heterocycles. The van der Waals surface area contributed by atoms with Gasteiger partial charge in [-0.05, 0) is 65.8 Å². The Balaban J connectivity index is 1.83. The van der Waals surface area contributed by atoms with Crippen molar-refractivity contribution in [2.45, 2.75) is 65.2 Å². The lowest BCUT2D eigenvalue weighted by atomic mass is 9.89. The van der Waals surface area contributed by atoms with Crippen LogP contribution in [0.25, 0.3) is 0 Å². The highest BCUT2D eigenvalue weighted by Gasteiger charge is 2.35. The maximum Gasteiger partial charge on any atom is 0.412 e. The van der Waals surface area contributed by atoms with Crippen molar-refractivity contribution in [2.75, 3.05) is 5.32 Å². The van der Waals surface area contributed by atoms with Crippen molar-refractivity contribution in [3.63, 3.8) is 0 Å². The summed E-state index contributed by atoms with van der Waals surface area (Å²) in [5.74, 6) is 1.12. The van der Waals surface area contributed by atoms with Crippen molar-refractivity contribution in [1.29, 1.82) is 0 Å². The van der Waals surface area contributed by atoms with Gasteiger partial charge >= 0.3 is 6.09 Å². The number of ether oxygens (including phenoxy) is 2. The van der Waals surface area contributed by atoms with E-state index < -0.39 is 17.3 Å². The standard InChI is InChI=1S/C22H28N2O5/c1-13-9-14(12-27-13)19(25)24-17-11-22(5,6)28-18-8-7-15(10-16(17)18)23-20(26)29-21(2,3)4/h7-10,12,17H,11H2,1-6H3,(H,23,26)(H,24,25). The molecule has 1 aromatic heterocycles. The molecule has 0 saturated carbocycles. The van der Waals surface area contributed by atoms with Gasteiger partial charge in [0.1, 0.15) is 29.0 Å². The third-order valence-electron chi connectivity index (χ3n) is 4.41. The van der Waals surface area contributed by atoms with Crippen molar-refractivity contribution in [1.82, 2.24) is 5.32 Å². The largest absolute Gasteiger partial charge is 0.487 e. The molecule has 0 bridgehead atoms. The zero-order valence-electron chi connectivity index (χ0n) is 17.7. The Labute approximate surface area is 170 Å². The smallest absolute Gasteiger partial charge is 0.412 e. The van der Waals surface area contributed by atoms with Crippen LogP contribution >= 0.6 is 0 Å². The Kier molecular flexibility index (Phi) is 5.34. The maximum atomic E-state index is 12.7. The summed E-state index contributed by atoms with van der Waals surface area (Å²) in [6, 6.07) is 6.77. The number of hydrogen-bond acceptors (Lipinski definition) is 5. The zero-order chi connectivity index (χ0) is 21.4. The molecule has 2 aromatic rings. The second kappa shape index (κ2) is 7.46. The first-order valence-corrected chi connectivity index (χ1v) is 9.61. The first-order valence-electron chi connectivity index (χ1n) is 9.61. The third-order valence-corrected chi connectivity index (χ3v) is 4.41.